The molecule has 0 aliphatic carbocycles. The van der Waals surface area contributed by atoms with Crippen LogP contribution in [0.3, 0.4) is 0 Å². The molecule has 0 aliphatic heterocycles. The number of hydrogen-bond acceptors (Lipinski definition) is 1. The van der Waals surface area contributed by atoms with Crippen LogP contribution in [-0.4, -0.2) is 23.9 Å². The summed E-state index contributed by atoms with van der Waals surface area (Å²) >= 11 is 3.11. The van der Waals surface area contributed by atoms with Crippen molar-refractivity contribution in [1.29, 1.82) is 0 Å². The maximum atomic E-state index is 13.3. The second kappa shape index (κ2) is 8.68. The average Bonchev–Trinajstić information content (AvgIpc) is 2.32. The van der Waals surface area contributed by atoms with Crippen LogP contribution in [0.2, 0.25) is 0 Å². The van der Waals surface area contributed by atoms with E-state index in [9.17, 15) is 4.39 Å². The van der Waals surface area contributed by atoms with Gasteiger partial charge in [0.2, 0.25) is 0 Å². The Morgan fingerprint density at radius 1 is 1.39 bits per heavy atom. The van der Waals surface area contributed by atoms with Gasteiger partial charge in [-0.1, -0.05) is 6.07 Å². The first-order valence-electron chi connectivity index (χ1n) is 5.57. The molecule has 0 saturated heterocycles. The first-order valence-corrected chi connectivity index (χ1v) is 6.36. The molecule has 0 atom stereocenters. The summed E-state index contributed by atoms with van der Waals surface area (Å²) in [5.41, 5.74) is 6.63. The number of rotatable bonds is 4. The van der Waals surface area contributed by atoms with E-state index in [4.69, 9.17) is 5.73 Å². The smallest absolute Gasteiger partial charge is 0.191 e. The Kier molecular flexibility index (Phi) is 8.51. The van der Waals surface area contributed by atoms with Crippen LogP contribution in [-0.2, 0) is 6.54 Å². The standard InChI is InChI=1S/C12H17BrFN3.HI/c1-3-17(4-2)12(15)16-8-9-5-6-10(13)11(14)7-9;/h5-7H,3-4,8H2,1-2H3,(H2,15,16);1H. The van der Waals surface area contributed by atoms with Crippen LogP contribution in [0.4, 0.5) is 4.39 Å². The zero-order valence-corrected chi connectivity index (χ0v) is 14.4. The summed E-state index contributed by atoms with van der Waals surface area (Å²) in [5, 5.41) is 0. The monoisotopic (exact) mass is 429 g/mol. The molecule has 2 N–H and O–H groups in total. The van der Waals surface area contributed by atoms with Crippen molar-refractivity contribution in [3.05, 3.63) is 34.1 Å². The Hall–Kier alpha value is -0.370. The molecule has 3 nitrogen and oxygen atoms in total. The van der Waals surface area contributed by atoms with Crippen molar-refractivity contribution in [2.45, 2.75) is 20.4 Å². The molecule has 0 saturated carbocycles. The molecule has 0 spiro atoms. The molecule has 0 aliphatic rings. The number of guanidine groups is 1. The topological polar surface area (TPSA) is 41.6 Å². The molecule has 0 radical (unpaired) electrons. The lowest BCUT2D eigenvalue weighted by Crippen LogP contribution is -2.37. The molecular formula is C12H18BrFIN3. The number of aliphatic imine (C=N–C) groups is 1. The van der Waals surface area contributed by atoms with Gasteiger partial charge in [-0.2, -0.15) is 0 Å². The first kappa shape index (κ1) is 17.6. The van der Waals surface area contributed by atoms with Crippen LogP contribution in [0, 0.1) is 5.82 Å². The minimum absolute atomic E-state index is 0. The molecule has 1 aromatic carbocycles. The molecular weight excluding hydrogens is 412 g/mol. The van der Waals surface area contributed by atoms with Gasteiger partial charge in [0.15, 0.2) is 5.96 Å². The van der Waals surface area contributed by atoms with Crippen LogP contribution in [0.5, 0.6) is 0 Å². The van der Waals surface area contributed by atoms with Gasteiger partial charge < -0.3 is 10.6 Å². The summed E-state index contributed by atoms with van der Waals surface area (Å²) in [4.78, 5) is 6.20. The van der Waals surface area contributed by atoms with Crippen LogP contribution < -0.4 is 5.73 Å². The van der Waals surface area contributed by atoms with Crippen LogP contribution in [0.15, 0.2) is 27.7 Å². The lowest BCUT2D eigenvalue weighted by Gasteiger charge is -2.19. The van der Waals surface area contributed by atoms with Gasteiger partial charge >= 0.3 is 0 Å². The Morgan fingerprint density at radius 2 is 2.00 bits per heavy atom. The van der Waals surface area contributed by atoms with Crippen molar-refractivity contribution in [2.75, 3.05) is 13.1 Å². The lowest BCUT2D eigenvalue weighted by molar-refractivity contribution is 0.458. The molecule has 1 aromatic rings. The van der Waals surface area contributed by atoms with Gasteiger partial charge in [-0.05, 0) is 47.5 Å². The van der Waals surface area contributed by atoms with Gasteiger partial charge in [0.1, 0.15) is 5.82 Å². The molecule has 0 heterocycles. The van der Waals surface area contributed by atoms with Gasteiger partial charge in [-0.3, -0.25) is 0 Å². The summed E-state index contributed by atoms with van der Waals surface area (Å²) in [6, 6.07) is 4.96. The molecule has 0 amide bonds. The van der Waals surface area contributed by atoms with Crippen molar-refractivity contribution in [2.24, 2.45) is 10.7 Å². The molecule has 18 heavy (non-hydrogen) atoms. The summed E-state index contributed by atoms with van der Waals surface area (Å²) in [7, 11) is 0. The molecule has 0 bridgehead atoms. The highest BCUT2D eigenvalue weighted by molar-refractivity contribution is 14.0. The van der Waals surface area contributed by atoms with Gasteiger partial charge in [0, 0.05) is 13.1 Å². The summed E-state index contributed by atoms with van der Waals surface area (Å²) in [5.74, 6) is 0.220. The van der Waals surface area contributed by atoms with Crippen molar-refractivity contribution in [3.63, 3.8) is 0 Å². The number of nitrogens with zero attached hydrogens (tertiary/aromatic N) is 2. The van der Waals surface area contributed by atoms with Crippen LogP contribution >= 0.6 is 39.9 Å². The van der Waals surface area contributed by atoms with E-state index < -0.39 is 0 Å². The second-order valence-electron chi connectivity index (χ2n) is 3.60. The Balaban J connectivity index is 0.00000289. The maximum Gasteiger partial charge on any atom is 0.191 e. The highest BCUT2D eigenvalue weighted by Crippen LogP contribution is 2.16. The van der Waals surface area contributed by atoms with E-state index in [-0.39, 0.29) is 29.8 Å². The third-order valence-corrected chi connectivity index (χ3v) is 3.14. The fraction of sp³-hybridized carbons (Fsp3) is 0.417. The summed E-state index contributed by atoms with van der Waals surface area (Å²) in [6.07, 6.45) is 0. The van der Waals surface area contributed by atoms with E-state index in [0.29, 0.717) is 17.0 Å². The fourth-order valence-corrected chi connectivity index (χ4v) is 1.70. The van der Waals surface area contributed by atoms with Gasteiger partial charge in [-0.15, -0.1) is 24.0 Å². The van der Waals surface area contributed by atoms with Crippen molar-refractivity contribution >= 4 is 45.9 Å². The molecule has 0 aromatic heterocycles. The minimum atomic E-state index is -0.279. The predicted molar refractivity (Wildman–Crippen MR) is 87.8 cm³/mol. The zero-order chi connectivity index (χ0) is 12.8. The molecule has 6 heteroatoms. The van der Waals surface area contributed by atoms with E-state index in [1.54, 1.807) is 6.07 Å². The number of nitrogens with two attached hydrogens (primary N) is 1. The molecule has 1 rings (SSSR count). The fourth-order valence-electron chi connectivity index (χ4n) is 1.46. The largest absolute Gasteiger partial charge is 0.370 e. The Labute approximate surface area is 133 Å². The number of benzene rings is 1. The quantitative estimate of drug-likeness (QED) is 0.453. The number of hydrogen-bond donors (Lipinski definition) is 1. The SMILES string of the molecule is CCN(CC)C(N)=NCc1ccc(Br)c(F)c1.I. The normalized spacial score (nSPS) is 11.0. The predicted octanol–water partition coefficient (Wildman–Crippen LogP) is 3.36. The van der Waals surface area contributed by atoms with E-state index in [0.717, 1.165) is 18.7 Å². The van der Waals surface area contributed by atoms with Crippen molar-refractivity contribution < 1.29 is 4.39 Å². The third kappa shape index (κ3) is 5.09. The Bertz CT molecular complexity index is 408. The average molecular weight is 430 g/mol. The van der Waals surface area contributed by atoms with E-state index >= 15 is 0 Å². The van der Waals surface area contributed by atoms with E-state index in [1.807, 2.05) is 24.8 Å². The van der Waals surface area contributed by atoms with E-state index in [2.05, 4.69) is 20.9 Å². The Morgan fingerprint density at radius 3 is 2.50 bits per heavy atom. The molecule has 0 fully saturated rings. The van der Waals surface area contributed by atoms with Crippen LogP contribution in [0.25, 0.3) is 0 Å². The van der Waals surface area contributed by atoms with Gasteiger partial charge in [0.05, 0.1) is 11.0 Å². The minimum Gasteiger partial charge on any atom is -0.370 e. The highest BCUT2D eigenvalue weighted by Gasteiger charge is 2.03. The summed E-state index contributed by atoms with van der Waals surface area (Å²) in [6.45, 7) is 6.07. The van der Waals surface area contributed by atoms with Crippen molar-refractivity contribution in [3.8, 4) is 0 Å². The lowest BCUT2D eigenvalue weighted by atomic mass is 10.2. The second-order valence-corrected chi connectivity index (χ2v) is 4.45. The van der Waals surface area contributed by atoms with Gasteiger partial charge in [-0.25, -0.2) is 9.38 Å². The van der Waals surface area contributed by atoms with Crippen LogP contribution in [0.1, 0.15) is 19.4 Å². The van der Waals surface area contributed by atoms with E-state index in [1.165, 1.54) is 6.07 Å². The molecule has 0 unspecified atom stereocenters. The first-order chi connectivity index (χ1) is 8.08. The third-order valence-electron chi connectivity index (χ3n) is 2.50. The summed E-state index contributed by atoms with van der Waals surface area (Å²) < 4.78 is 13.7. The maximum absolute atomic E-state index is 13.3. The highest BCUT2D eigenvalue weighted by atomic mass is 127. The van der Waals surface area contributed by atoms with Gasteiger partial charge in [0.25, 0.3) is 0 Å². The number of halogens is 3. The zero-order valence-electron chi connectivity index (χ0n) is 10.5. The molecule has 102 valence electrons. The van der Waals surface area contributed by atoms with Crippen molar-refractivity contribution in [1.82, 2.24) is 4.90 Å².